The van der Waals surface area contributed by atoms with Crippen LogP contribution in [0.4, 0.5) is 0 Å². The monoisotopic (exact) mass is 206 g/mol. The van der Waals surface area contributed by atoms with Gasteiger partial charge in [-0.25, -0.2) is 0 Å². The molecule has 1 heterocycles. The van der Waals surface area contributed by atoms with Crippen molar-refractivity contribution in [2.75, 3.05) is 19.6 Å². The number of nitrogens with zero attached hydrogens (tertiary/aromatic N) is 1. The molecule has 0 saturated carbocycles. The van der Waals surface area contributed by atoms with E-state index in [0.29, 0.717) is 4.83 Å². The van der Waals surface area contributed by atoms with Crippen LogP contribution < -0.4 is 5.73 Å². The van der Waals surface area contributed by atoms with E-state index in [1.54, 1.807) is 4.90 Å². The molecular formula is C6H11BrN2O. The van der Waals surface area contributed by atoms with Gasteiger partial charge < -0.3 is 10.6 Å². The van der Waals surface area contributed by atoms with Crippen molar-refractivity contribution in [1.29, 1.82) is 0 Å². The summed E-state index contributed by atoms with van der Waals surface area (Å²) in [6.07, 6.45) is 1.05. The Morgan fingerprint density at radius 3 is 2.90 bits per heavy atom. The van der Waals surface area contributed by atoms with Crippen LogP contribution >= 0.6 is 15.9 Å². The van der Waals surface area contributed by atoms with Gasteiger partial charge in [0, 0.05) is 17.9 Å². The van der Waals surface area contributed by atoms with E-state index in [-0.39, 0.29) is 12.5 Å². The maximum absolute atomic E-state index is 10.9. The minimum atomic E-state index is 0.0574. The number of halogens is 1. The van der Waals surface area contributed by atoms with Gasteiger partial charge >= 0.3 is 0 Å². The number of alkyl halides is 1. The van der Waals surface area contributed by atoms with E-state index in [2.05, 4.69) is 15.9 Å². The van der Waals surface area contributed by atoms with Crippen LogP contribution in [0, 0.1) is 0 Å². The van der Waals surface area contributed by atoms with E-state index in [1.807, 2.05) is 0 Å². The van der Waals surface area contributed by atoms with Gasteiger partial charge in [-0.3, -0.25) is 4.79 Å². The highest BCUT2D eigenvalue weighted by Crippen LogP contribution is 2.15. The Bertz CT molecular complexity index is 140. The molecule has 4 heteroatoms. The van der Waals surface area contributed by atoms with Crippen LogP contribution in [0.5, 0.6) is 0 Å². The summed E-state index contributed by atoms with van der Waals surface area (Å²) in [5.41, 5.74) is 5.19. The first-order chi connectivity index (χ1) is 4.74. The van der Waals surface area contributed by atoms with Gasteiger partial charge in [0.05, 0.1) is 6.54 Å². The Hall–Kier alpha value is -0.0900. The first kappa shape index (κ1) is 8.01. The molecule has 1 fully saturated rings. The van der Waals surface area contributed by atoms with Crippen LogP contribution in [0.3, 0.4) is 0 Å². The zero-order chi connectivity index (χ0) is 7.56. The maximum atomic E-state index is 10.9. The van der Waals surface area contributed by atoms with E-state index >= 15 is 0 Å². The number of hydrogen-bond donors (Lipinski definition) is 1. The Kier molecular flexibility index (Phi) is 2.68. The fourth-order valence-electron chi connectivity index (χ4n) is 1.07. The second kappa shape index (κ2) is 3.34. The van der Waals surface area contributed by atoms with Crippen LogP contribution in [0.25, 0.3) is 0 Å². The fourth-order valence-corrected chi connectivity index (χ4v) is 1.63. The molecule has 58 valence electrons. The van der Waals surface area contributed by atoms with Gasteiger partial charge in [0.1, 0.15) is 0 Å². The average Bonchev–Trinajstić information content (AvgIpc) is 2.34. The lowest BCUT2D eigenvalue weighted by molar-refractivity contribution is -0.128. The molecule has 0 unspecified atom stereocenters. The topological polar surface area (TPSA) is 46.3 Å². The summed E-state index contributed by atoms with van der Waals surface area (Å²) in [5.74, 6) is 0.0574. The Morgan fingerprint density at radius 1 is 1.80 bits per heavy atom. The van der Waals surface area contributed by atoms with E-state index in [1.165, 1.54) is 0 Å². The highest BCUT2D eigenvalue weighted by atomic mass is 79.9. The predicted molar refractivity (Wildman–Crippen MR) is 43.0 cm³/mol. The van der Waals surface area contributed by atoms with Crippen molar-refractivity contribution in [3.05, 3.63) is 0 Å². The second-order valence-corrected chi connectivity index (χ2v) is 3.72. The van der Waals surface area contributed by atoms with Crippen LogP contribution in [0.1, 0.15) is 6.42 Å². The molecule has 0 bridgehead atoms. The number of hydrogen-bond acceptors (Lipinski definition) is 2. The third-order valence-electron chi connectivity index (χ3n) is 1.66. The Morgan fingerprint density at radius 2 is 2.50 bits per heavy atom. The minimum absolute atomic E-state index is 0.0574. The molecule has 0 aromatic rings. The van der Waals surface area contributed by atoms with Crippen LogP contribution in [-0.2, 0) is 4.79 Å². The van der Waals surface area contributed by atoms with Gasteiger partial charge in [0.15, 0.2) is 0 Å². The lowest BCUT2D eigenvalue weighted by Crippen LogP contribution is -2.34. The van der Waals surface area contributed by atoms with Gasteiger partial charge in [-0.2, -0.15) is 0 Å². The summed E-state index contributed by atoms with van der Waals surface area (Å²) >= 11 is 3.44. The predicted octanol–water partition coefficient (Wildman–Crippen LogP) is -0.0591. The Labute approximate surface area is 68.7 Å². The SMILES string of the molecule is NCC(=O)N1CC[C@H](Br)C1. The van der Waals surface area contributed by atoms with E-state index in [9.17, 15) is 4.79 Å². The van der Waals surface area contributed by atoms with Crippen LogP contribution in [-0.4, -0.2) is 35.3 Å². The smallest absolute Gasteiger partial charge is 0.236 e. The van der Waals surface area contributed by atoms with Crippen LogP contribution in [0.15, 0.2) is 0 Å². The minimum Gasteiger partial charge on any atom is -0.340 e. The summed E-state index contributed by atoms with van der Waals surface area (Å²) in [6, 6.07) is 0. The quantitative estimate of drug-likeness (QED) is 0.612. The van der Waals surface area contributed by atoms with Crippen molar-refractivity contribution < 1.29 is 4.79 Å². The van der Waals surface area contributed by atoms with Gasteiger partial charge in [-0.1, -0.05) is 15.9 Å². The molecule has 0 radical (unpaired) electrons. The zero-order valence-electron chi connectivity index (χ0n) is 5.72. The van der Waals surface area contributed by atoms with Gasteiger partial charge in [-0.15, -0.1) is 0 Å². The molecule has 10 heavy (non-hydrogen) atoms. The lowest BCUT2D eigenvalue weighted by atomic mass is 10.4. The molecule has 1 atom stereocenters. The molecule has 1 aliphatic rings. The highest BCUT2D eigenvalue weighted by molar-refractivity contribution is 9.09. The maximum Gasteiger partial charge on any atom is 0.236 e. The van der Waals surface area contributed by atoms with E-state index in [4.69, 9.17) is 5.73 Å². The molecule has 0 aliphatic carbocycles. The molecule has 2 N–H and O–H groups in total. The number of amides is 1. The van der Waals surface area contributed by atoms with Crippen molar-refractivity contribution in [2.45, 2.75) is 11.2 Å². The average molecular weight is 207 g/mol. The number of likely N-dealkylation sites (tertiary alicyclic amines) is 1. The van der Waals surface area contributed by atoms with Crippen molar-refractivity contribution in [3.8, 4) is 0 Å². The fraction of sp³-hybridized carbons (Fsp3) is 0.833. The van der Waals surface area contributed by atoms with Gasteiger partial charge in [0.2, 0.25) is 5.91 Å². The third-order valence-corrected chi connectivity index (χ3v) is 2.41. The van der Waals surface area contributed by atoms with Crippen molar-refractivity contribution >= 4 is 21.8 Å². The van der Waals surface area contributed by atoms with Crippen LogP contribution in [0.2, 0.25) is 0 Å². The van der Waals surface area contributed by atoms with Crippen molar-refractivity contribution in [2.24, 2.45) is 5.73 Å². The summed E-state index contributed by atoms with van der Waals surface area (Å²) in [5, 5.41) is 0. The highest BCUT2D eigenvalue weighted by Gasteiger charge is 2.22. The standard InChI is InChI=1S/C6H11BrN2O/c7-5-1-2-9(4-5)6(10)3-8/h5H,1-4,8H2/t5-/m0/s1. The number of nitrogens with two attached hydrogens (primary N) is 1. The van der Waals surface area contributed by atoms with Crippen molar-refractivity contribution in [1.82, 2.24) is 4.90 Å². The first-order valence-electron chi connectivity index (χ1n) is 3.36. The van der Waals surface area contributed by atoms with Gasteiger partial charge in [-0.05, 0) is 6.42 Å². The lowest BCUT2D eigenvalue weighted by Gasteiger charge is -2.13. The van der Waals surface area contributed by atoms with E-state index < -0.39 is 0 Å². The summed E-state index contributed by atoms with van der Waals surface area (Å²) in [6.45, 7) is 1.81. The molecule has 0 spiro atoms. The van der Waals surface area contributed by atoms with Crippen molar-refractivity contribution in [3.63, 3.8) is 0 Å². The molecule has 3 nitrogen and oxygen atoms in total. The zero-order valence-corrected chi connectivity index (χ0v) is 7.30. The normalized spacial score (nSPS) is 25.4. The number of rotatable bonds is 1. The molecule has 1 rings (SSSR count). The molecule has 1 saturated heterocycles. The Balaban J connectivity index is 2.37. The summed E-state index contributed by atoms with van der Waals surface area (Å²) in [7, 11) is 0. The molecule has 0 aromatic carbocycles. The first-order valence-corrected chi connectivity index (χ1v) is 4.27. The third kappa shape index (κ3) is 1.70. The number of carbonyl (C=O) groups is 1. The molecule has 1 aliphatic heterocycles. The second-order valence-electron chi connectivity index (χ2n) is 2.43. The summed E-state index contributed by atoms with van der Waals surface area (Å²) < 4.78 is 0. The molecule has 1 amide bonds. The molecular weight excluding hydrogens is 196 g/mol. The largest absolute Gasteiger partial charge is 0.340 e. The summed E-state index contributed by atoms with van der Waals surface area (Å²) in [4.78, 5) is 13.2. The van der Waals surface area contributed by atoms with Gasteiger partial charge in [0.25, 0.3) is 0 Å². The number of carbonyl (C=O) groups excluding carboxylic acids is 1. The van der Waals surface area contributed by atoms with E-state index in [0.717, 1.165) is 19.5 Å². The molecule has 0 aromatic heterocycles.